The van der Waals surface area contributed by atoms with E-state index in [0.717, 1.165) is 5.69 Å². The number of nitrogens with zero attached hydrogens (tertiary/aromatic N) is 1. The minimum atomic E-state index is -0.308. The van der Waals surface area contributed by atoms with Gasteiger partial charge in [0.15, 0.2) is 5.16 Å². The lowest BCUT2D eigenvalue weighted by Gasteiger charge is -2.06. The fourth-order valence-corrected chi connectivity index (χ4v) is 2.55. The molecule has 5 nitrogen and oxygen atoms in total. The van der Waals surface area contributed by atoms with Gasteiger partial charge in [-0.05, 0) is 12.2 Å². The molecule has 106 valence electrons. The van der Waals surface area contributed by atoms with E-state index >= 15 is 0 Å². The summed E-state index contributed by atoms with van der Waals surface area (Å²) in [4.78, 5) is 29.7. The molecule has 1 aromatic heterocycles. The van der Waals surface area contributed by atoms with Crippen LogP contribution in [-0.2, 0) is 15.3 Å². The first-order valence-corrected chi connectivity index (χ1v) is 8.05. The molecule has 0 saturated carbocycles. The number of H-pyrrole nitrogens is 1. The molecule has 0 saturated heterocycles. The van der Waals surface area contributed by atoms with Gasteiger partial charge in [-0.2, -0.15) is 11.8 Å². The Morgan fingerprint density at radius 2 is 2.26 bits per heavy atom. The molecule has 1 heterocycles. The van der Waals surface area contributed by atoms with Gasteiger partial charge in [-0.15, -0.1) is 0 Å². The van der Waals surface area contributed by atoms with Gasteiger partial charge in [-0.25, -0.2) is 4.98 Å². The van der Waals surface area contributed by atoms with Crippen LogP contribution in [0.25, 0.3) is 0 Å². The van der Waals surface area contributed by atoms with E-state index in [-0.39, 0.29) is 17.3 Å². The summed E-state index contributed by atoms with van der Waals surface area (Å²) in [5.41, 5.74) is 0.537. The van der Waals surface area contributed by atoms with Gasteiger partial charge in [0.05, 0.1) is 18.1 Å². The van der Waals surface area contributed by atoms with Crippen LogP contribution < -0.4 is 5.56 Å². The molecule has 0 aliphatic rings. The first kappa shape index (κ1) is 16.1. The maximum atomic E-state index is 11.5. The number of aromatic nitrogens is 2. The summed E-state index contributed by atoms with van der Waals surface area (Å²) in [5.74, 6) is 0.531. The van der Waals surface area contributed by atoms with Crippen molar-refractivity contribution in [3.8, 4) is 0 Å². The fourth-order valence-electron chi connectivity index (χ4n) is 1.21. The maximum absolute atomic E-state index is 11.5. The van der Waals surface area contributed by atoms with Crippen LogP contribution in [-0.4, -0.2) is 33.5 Å². The molecular weight excluding hydrogens is 284 g/mol. The van der Waals surface area contributed by atoms with Crippen LogP contribution >= 0.6 is 23.5 Å². The molecule has 0 unspecified atom stereocenters. The number of rotatable bonds is 7. The van der Waals surface area contributed by atoms with Crippen molar-refractivity contribution < 1.29 is 9.53 Å². The van der Waals surface area contributed by atoms with E-state index in [1.54, 1.807) is 18.7 Å². The van der Waals surface area contributed by atoms with Crippen molar-refractivity contribution >= 4 is 29.5 Å². The Labute approximate surface area is 120 Å². The highest BCUT2D eigenvalue weighted by atomic mass is 32.2. The molecule has 0 aliphatic heterocycles. The summed E-state index contributed by atoms with van der Waals surface area (Å²) in [6.07, 6.45) is 0. The maximum Gasteiger partial charge on any atom is 0.316 e. The molecule has 0 atom stereocenters. The molecule has 7 heteroatoms. The number of aromatic amines is 1. The van der Waals surface area contributed by atoms with E-state index in [1.807, 2.05) is 0 Å². The van der Waals surface area contributed by atoms with Gasteiger partial charge in [-0.3, -0.25) is 9.59 Å². The quantitative estimate of drug-likeness (QED) is 0.472. The highest BCUT2D eigenvalue weighted by Crippen LogP contribution is 2.17. The normalized spacial score (nSPS) is 10.7. The summed E-state index contributed by atoms with van der Waals surface area (Å²) in [6.45, 7) is 6.30. The Bertz CT molecular complexity index is 474. The van der Waals surface area contributed by atoms with Gasteiger partial charge in [0, 0.05) is 11.8 Å². The third kappa shape index (κ3) is 6.68. The van der Waals surface area contributed by atoms with Crippen molar-refractivity contribution in [2.45, 2.75) is 36.9 Å². The monoisotopic (exact) mass is 302 g/mol. The smallest absolute Gasteiger partial charge is 0.316 e. The molecule has 0 aromatic carbocycles. The van der Waals surface area contributed by atoms with Crippen molar-refractivity contribution in [1.82, 2.24) is 9.97 Å². The lowest BCUT2D eigenvalue weighted by molar-refractivity contribution is -0.139. The molecular formula is C12H18N2O3S2. The molecule has 0 radical (unpaired) electrons. The van der Waals surface area contributed by atoms with E-state index in [2.05, 4.69) is 23.8 Å². The molecule has 1 rings (SSSR count). The molecule has 19 heavy (non-hydrogen) atoms. The van der Waals surface area contributed by atoms with E-state index in [0.29, 0.717) is 22.8 Å². The van der Waals surface area contributed by atoms with Gasteiger partial charge in [0.1, 0.15) is 0 Å². The Balaban J connectivity index is 2.63. The predicted octanol–water partition coefficient (Wildman–Crippen LogP) is 2.07. The number of hydrogen-bond donors (Lipinski definition) is 1. The summed E-state index contributed by atoms with van der Waals surface area (Å²) in [7, 11) is 0. The number of thioether (sulfide) groups is 2. The lowest BCUT2D eigenvalue weighted by Crippen LogP contribution is -2.12. The van der Waals surface area contributed by atoms with E-state index in [9.17, 15) is 9.59 Å². The minimum Gasteiger partial charge on any atom is -0.465 e. The molecule has 0 bridgehead atoms. The van der Waals surface area contributed by atoms with Crippen molar-refractivity contribution in [2.75, 3.05) is 12.4 Å². The number of esters is 1. The highest BCUT2D eigenvalue weighted by Gasteiger charge is 2.07. The van der Waals surface area contributed by atoms with E-state index in [1.165, 1.54) is 17.8 Å². The lowest BCUT2D eigenvalue weighted by atomic mass is 10.4. The molecule has 1 aromatic rings. The number of nitrogens with one attached hydrogen (secondary N) is 1. The second kappa shape index (κ2) is 8.27. The Kier molecular flexibility index (Phi) is 7.01. The summed E-state index contributed by atoms with van der Waals surface area (Å²) in [6, 6.07) is 1.49. The van der Waals surface area contributed by atoms with Gasteiger partial charge in [0.25, 0.3) is 5.56 Å². The fraction of sp³-hybridized carbons (Fsp3) is 0.583. The van der Waals surface area contributed by atoms with Crippen molar-refractivity contribution in [3.05, 3.63) is 22.1 Å². The van der Waals surface area contributed by atoms with Crippen molar-refractivity contribution in [1.29, 1.82) is 0 Å². The van der Waals surface area contributed by atoms with E-state index in [4.69, 9.17) is 4.74 Å². The van der Waals surface area contributed by atoms with Crippen LogP contribution in [0.15, 0.2) is 16.0 Å². The zero-order valence-corrected chi connectivity index (χ0v) is 12.9. The van der Waals surface area contributed by atoms with Crippen molar-refractivity contribution in [3.63, 3.8) is 0 Å². The standard InChI is InChI=1S/C12H18N2O3S2/c1-4-17-11(16)7-19-12-13-9(5-10(15)14-12)6-18-8(2)3/h5,8H,4,6-7H2,1-3H3,(H,13,14,15). The Morgan fingerprint density at radius 3 is 2.89 bits per heavy atom. The van der Waals surface area contributed by atoms with Crippen LogP contribution in [0.3, 0.4) is 0 Å². The second-order valence-corrected chi connectivity index (χ2v) is 6.52. The van der Waals surface area contributed by atoms with Crippen LogP contribution in [0.5, 0.6) is 0 Å². The number of ether oxygens (including phenoxy) is 1. The average Bonchev–Trinajstić information content (AvgIpc) is 2.34. The average molecular weight is 302 g/mol. The molecule has 0 aliphatic carbocycles. The predicted molar refractivity (Wildman–Crippen MR) is 78.6 cm³/mol. The Hall–Kier alpha value is -0.950. The third-order valence-electron chi connectivity index (χ3n) is 1.97. The summed E-state index contributed by atoms with van der Waals surface area (Å²) < 4.78 is 4.82. The second-order valence-electron chi connectivity index (χ2n) is 4.00. The summed E-state index contributed by atoms with van der Waals surface area (Å²) in [5, 5.41) is 0.941. The highest BCUT2D eigenvalue weighted by molar-refractivity contribution is 7.99. The molecule has 0 spiro atoms. The summed E-state index contributed by atoms with van der Waals surface area (Å²) >= 11 is 2.90. The van der Waals surface area contributed by atoms with Crippen LogP contribution in [0.2, 0.25) is 0 Å². The van der Waals surface area contributed by atoms with Crippen molar-refractivity contribution in [2.24, 2.45) is 0 Å². The van der Waals surface area contributed by atoms with E-state index < -0.39 is 0 Å². The molecule has 0 fully saturated rings. The van der Waals surface area contributed by atoms with Gasteiger partial charge in [0.2, 0.25) is 0 Å². The SMILES string of the molecule is CCOC(=O)CSc1nc(CSC(C)C)cc(=O)[nH]1. The van der Waals surface area contributed by atoms with Crippen LogP contribution in [0.4, 0.5) is 0 Å². The molecule has 0 amide bonds. The van der Waals surface area contributed by atoms with Gasteiger partial charge >= 0.3 is 5.97 Å². The third-order valence-corrected chi connectivity index (χ3v) is 3.95. The first-order chi connectivity index (χ1) is 9.01. The minimum absolute atomic E-state index is 0.150. The van der Waals surface area contributed by atoms with Gasteiger partial charge in [-0.1, -0.05) is 25.6 Å². The Morgan fingerprint density at radius 1 is 1.53 bits per heavy atom. The topological polar surface area (TPSA) is 72.0 Å². The zero-order chi connectivity index (χ0) is 14.3. The van der Waals surface area contributed by atoms with Crippen LogP contribution in [0, 0.1) is 0 Å². The number of carbonyl (C=O) groups excluding carboxylic acids is 1. The molecule has 1 N–H and O–H groups in total. The first-order valence-electron chi connectivity index (χ1n) is 6.01. The van der Waals surface area contributed by atoms with Gasteiger partial charge < -0.3 is 9.72 Å². The largest absolute Gasteiger partial charge is 0.465 e. The number of carbonyl (C=O) groups is 1. The van der Waals surface area contributed by atoms with Crippen LogP contribution in [0.1, 0.15) is 26.5 Å². The zero-order valence-electron chi connectivity index (χ0n) is 11.3. The number of hydrogen-bond acceptors (Lipinski definition) is 6.